The molecule has 3 heteroatoms. The topological polar surface area (TPSA) is 19.6 Å². The standard InChI is InChI=1S/C51H36N2O/c1-7-19-37(20-8-1)51(38-21-9-2-10-22-38)47-34-32-43(52(39-23-11-3-12-24-39)40-25-13-4-14-26-40)35-46(47)50-49(51)45-33-31-44(36-48(45)54-50)53(41-27-15-5-16-28-41)42-29-17-6-18-30-42/h1-36H. The molecule has 10 rings (SSSR count). The van der Waals surface area contributed by atoms with Crippen molar-refractivity contribution < 1.29 is 4.42 Å². The SMILES string of the molecule is c1ccc(N(c2ccccc2)c2ccc3c(c2)-c2oc4cc(N(c5ccccc5)c5ccccc5)ccc4c2C3(c2ccccc2)c2ccccc2)cc1. The molecule has 0 aliphatic heterocycles. The summed E-state index contributed by atoms with van der Waals surface area (Å²) in [6.07, 6.45) is 0. The lowest BCUT2D eigenvalue weighted by Crippen LogP contribution is -2.28. The Morgan fingerprint density at radius 3 is 1.19 bits per heavy atom. The molecule has 0 saturated carbocycles. The first-order valence-corrected chi connectivity index (χ1v) is 18.4. The number of rotatable bonds is 8. The molecule has 1 aromatic heterocycles. The minimum absolute atomic E-state index is 0.610. The van der Waals surface area contributed by atoms with Crippen LogP contribution in [0.1, 0.15) is 22.3 Å². The van der Waals surface area contributed by atoms with Crippen LogP contribution in [0.15, 0.2) is 223 Å². The Kier molecular flexibility index (Phi) is 7.70. The Labute approximate surface area is 315 Å². The van der Waals surface area contributed by atoms with Gasteiger partial charge in [0, 0.05) is 56.7 Å². The quantitative estimate of drug-likeness (QED) is 0.158. The number of fused-ring (bicyclic) bond motifs is 5. The van der Waals surface area contributed by atoms with Crippen LogP contribution in [0.3, 0.4) is 0 Å². The van der Waals surface area contributed by atoms with Crippen LogP contribution in [-0.2, 0) is 5.41 Å². The highest BCUT2D eigenvalue weighted by Gasteiger charge is 2.50. The van der Waals surface area contributed by atoms with Crippen molar-refractivity contribution in [2.75, 3.05) is 9.80 Å². The van der Waals surface area contributed by atoms with Crippen molar-refractivity contribution >= 4 is 45.1 Å². The molecule has 0 saturated heterocycles. The minimum atomic E-state index is -0.610. The molecule has 0 radical (unpaired) electrons. The molecular weight excluding hydrogens is 657 g/mol. The van der Waals surface area contributed by atoms with Gasteiger partial charge in [-0.2, -0.15) is 0 Å². The third-order valence-electron chi connectivity index (χ3n) is 10.7. The minimum Gasteiger partial charge on any atom is -0.456 e. The molecule has 8 aromatic carbocycles. The maximum absolute atomic E-state index is 7.20. The van der Waals surface area contributed by atoms with Gasteiger partial charge in [-0.3, -0.25) is 0 Å². The highest BCUT2D eigenvalue weighted by atomic mass is 16.3. The van der Waals surface area contributed by atoms with Crippen molar-refractivity contribution in [3.05, 3.63) is 241 Å². The maximum atomic E-state index is 7.20. The van der Waals surface area contributed by atoms with E-state index in [9.17, 15) is 0 Å². The smallest absolute Gasteiger partial charge is 0.140 e. The molecular formula is C51H36N2O. The van der Waals surface area contributed by atoms with Gasteiger partial charge in [-0.15, -0.1) is 0 Å². The third-order valence-corrected chi connectivity index (χ3v) is 10.7. The predicted molar refractivity (Wildman–Crippen MR) is 223 cm³/mol. The fraction of sp³-hybridized carbons (Fsp3) is 0.0196. The fourth-order valence-corrected chi connectivity index (χ4v) is 8.45. The lowest BCUT2D eigenvalue weighted by Gasteiger charge is -2.34. The first-order valence-electron chi connectivity index (χ1n) is 18.4. The molecule has 0 spiro atoms. The predicted octanol–water partition coefficient (Wildman–Crippen LogP) is 13.7. The number of para-hydroxylation sites is 4. The summed E-state index contributed by atoms with van der Waals surface area (Å²) in [5.41, 5.74) is 12.6. The van der Waals surface area contributed by atoms with Gasteiger partial charge < -0.3 is 14.2 Å². The van der Waals surface area contributed by atoms with Crippen LogP contribution in [0.2, 0.25) is 0 Å². The van der Waals surface area contributed by atoms with Gasteiger partial charge >= 0.3 is 0 Å². The first-order chi connectivity index (χ1) is 26.8. The molecule has 3 nitrogen and oxygen atoms in total. The highest BCUT2D eigenvalue weighted by molar-refractivity contribution is 6.00. The number of hydrogen-bond donors (Lipinski definition) is 0. The monoisotopic (exact) mass is 692 g/mol. The number of anilines is 6. The molecule has 0 amide bonds. The van der Waals surface area contributed by atoms with E-state index in [1.807, 2.05) is 0 Å². The van der Waals surface area contributed by atoms with Gasteiger partial charge in [0.05, 0.1) is 5.41 Å². The molecule has 0 bridgehead atoms. The second-order valence-electron chi connectivity index (χ2n) is 13.7. The van der Waals surface area contributed by atoms with E-state index in [1.54, 1.807) is 0 Å². The van der Waals surface area contributed by atoms with Crippen molar-refractivity contribution in [1.82, 2.24) is 0 Å². The lowest BCUT2D eigenvalue weighted by molar-refractivity contribution is 0.628. The van der Waals surface area contributed by atoms with Crippen LogP contribution in [-0.4, -0.2) is 0 Å². The lowest BCUT2D eigenvalue weighted by atomic mass is 9.67. The molecule has 1 aliphatic carbocycles. The van der Waals surface area contributed by atoms with E-state index in [0.717, 1.165) is 56.4 Å². The Morgan fingerprint density at radius 2 is 0.741 bits per heavy atom. The average molecular weight is 693 g/mol. The summed E-state index contributed by atoms with van der Waals surface area (Å²) in [7, 11) is 0. The summed E-state index contributed by atoms with van der Waals surface area (Å²) in [6.45, 7) is 0. The van der Waals surface area contributed by atoms with Gasteiger partial charge in [0.15, 0.2) is 0 Å². The maximum Gasteiger partial charge on any atom is 0.140 e. The highest BCUT2D eigenvalue weighted by Crippen LogP contribution is 2.60. The van der Waals surface area contributed by atoms with E-state index >= 15 is 0 Å². The molecule has 256 valence electrons. The Balaban J connectivity index is 1.25. The van der Waals surface area contributed by atoms with Gasteiger partial charge in [-0.25, -0.2) is 0 Å². The normalized spacial score (nSPS) is 12.6. The fourth-order valence-electron chi connectivity index (χ4n) is 8.45. The zero-order chi connectivity index (χ0) is 35.9. The Bertz CT molecular complexity index is 2570. The van der Waals surface area contributed by atoms with E-state index in [4.69, 9.17) is 4.42 Å². The third kappa shape index (κ3) is 5.05. The van der Waals surface area contributed by atoms with Crippen molar-refractivity contribution in [1.29, 1.82) is 0 Å². The zero-order valence-corrected chi connectivity index (χ0v) is 29.6. The molecule has 9 aromatic rings. The summed E-state index contributed by atoms with van der Waals surface area (Å²) in [4.78, 5) is 4.61. The van der Waals surface area contributed by atoms with Crippen LogP contribution in [0.4, 0.5) is 34.1 Å². The van der Waals surface area contributed by atoms with Gasteiger partial charge in [-0.1, -0.05) is 140 Å². The second-order valence-corrected chi connectivity index (χ2v) is 13.7. The van der Waals surface area contributed by atoms with Crippen LogP contribution >= 0.6 is 0 Å². The average Bonchev–Trinajstić information content (AvgIpc) is 3.76. The molecule has 1 heterocycles. The van der Waals surface area contributed by atoms with Crippen LogP contribution in [0, 0.1) is 0 Å². The number of nitrogens with zero attached hydrogens (tertiary/aromatic N) is 2. The molecule has 1 aliphatic rings. The summed E-state index contributed by atoms with van der Waals surface area (Å²) in [5.74, 6) is 0.902. The van der Waals surface area contributed by atoms with Crippen molar-refractivity contribution in [2.24, 2.45) is 0 Å². The van der Waals surface area contributed by atoms with Crippen LogP contribution in [0.5, 0.6) is 0 Å². The first kappa shape index (κ1) is 31.6. The number of benzene rings is 8. The molecule has 54 heavy (non-hydrogen) atoms. The summed E-state index contributed by atoms with van der Waals surface area (Å²) < 4.78 is 7.20. The molecule has 0 atom stereocenters. The van der Waals surface area contributed by atoms with Gasteiger partial charge in [0.25, 0.3) is 0 Å². The zero-order valence-electron chi connectivity index (χ0n) is 29.6. The molecule has 0 fully saturated rings. The summed E-state index contributed by atoms with van der Waals surface area (Å²) >= 11 is 0. The Morgan fingerprint density at radius 1 is 0.352 bits per heavy atom. The van der Waals surface area contributed by atoms with E-state index in [-0.39, 0.29) is 0 Å². The summed E-state index contributed by atoms with van der Waals surface area (Å²) in [6, 6.07) is 77.7. The molecule has 0 unspecified atom stereocenters. The van der Waals surface area contributed by atoms with E-state index in [2.05, 4.69) is 228 Å². The van der Waals surface area contributed by atoms with E-state index in [1.165, 1.54) is 22.3 Å². The molecule has 0 N–H and O–H groups in total. The van der Waals surface area contributed by atoms with E-state index < -0.39 is 5.41 Å². The van der Waals surface area contributed by atoms with Crippen molar-refractivity contribution in [3.8, 4) is 11.3 Å². The van der Waals surface area contributed by atoms with Crippen molar-refractivity contribution in [2.45, 2.75) is 5.41 Å². The van der Waals surface area contributed by atoms with Gasteiger partial charge in [0.2, 0.25) is 0 Å². The van der Waals surface area contributed by atoms with Gasteiger partial charge in [-0.05, 0) is 89.5 Å². The van der Waals surface area contributed by atoms with Gasteiger partial charge in [0.1, 0.15) is 11.3 Å². The van der Waals surface area contributed by atoms with Crippen LogP contribution in [0.25, 0.3) is 22.3 Å². The largest absolute Gasteiger partial charge is 0.456 e. The summed E-state index contributed by atoms with van der Waals surface area (Å²) in [5, 5.41) is 1.10. The number of furan rings is 1. The number of hydrogen-bond acceptors (Lipinski definition) is 3. The van der Waals surface area contributed by atoms with Crippen molar-refractivity contribution in [3.63, 3.8) is 0 Å². The second kappa shape index (κ2) is 13.1. The van der Waals surface area contributed by atoms with Crippen LogP contribution < -0.4 is 9.80 Å². The van der Waals surface area contributed by atoms with E-state index in [0.29, 0.717) is 0 Å². The Hall–Kier alpha value is -7.10.